The van der Waals surface area contributed by atoms with Gasteiger partial charge in [0.25, 0.3) is 0 Å². The Morgan fingerprint density at radius 2 is 1.80 bits per heavy atom. The van der Waals surface area contributed by atoms with Crippen molar-refractivity contribution in [3.63, 3.8) is 0 Å². The maximum Gasteiger partial charge on any atom is 0.326 e. The van der Waals surface area contributed by atoms with Gasteiger partial charge in [-0.1, -0.05) is 54.6 Å². The lowest BCUT2D eigenvalue weighted by atomic mass is 10.1. The number of urea groups is 1. The minimum Gasteiger partial charge on any atom is -0.307 e. The minimum atomic E-state index is -0.130. The van der Waals surface area contributed by atoms with E-state index >= 15 is 0 Å². The van der Waals surface area contributed by atoms with E-state index in [2.05, 4.69) is 11.9 Å². The first kappa shape index (κ1) is 12.5. The van der Waals surface area contributed by atoms with E-state index in [4.69, 9.17) is 0 Å². The lowest BCUT2D eigenvalue weighted by molar-refractivity contribution is 0.229. The average Bonchev–Trinajstić information content (AvgIpc) is 2.45. The summed E-state index contributed by atoms with van der Waals surface area (Å²) in [4.78, 5) is 13.9. The van der Waals surface area contributed by atoms with Crippen molar-refractivity contribution in [1.29, 1.82) is 0 Å². The van der Waals surface area contributed by atoms with Crippen LogP contribution in [0.5, 0.6) is 0 Å². The number of nitrogens with one attached hydrogen (secondary N) is 1. The first-order chi connectivity index (χ1) is 9.65. The van der Waals surface area contributed by atoms with Crippen molar-refractivity contribution in [2.45, 2.75) is 13.5 Å². The molecule has 2 aromatic rings. The highest BCUT2D eigenvalue weighted by Crippen LogP contribution is 2.31. The molecule has 0 unspecified atom stereocenters. The standard InChI is InChI=1S/C17H16N2O/c1-12-7-9-14(10-8-12)11-19-13(2)15-5-3-4-6-16(15)18-17(19)20/h3-10H,2,11H2,1H3,(H,18,20). The van der Waals surface area contributed by atoms with Crippen LogP contribution in [-0.2, 0) is 6.54 Å². The zero-order valence-corrected chi connectivity index (χ0v) is 11.4. The number of hydrogen-bond donors (Lipinski definition) is 1. The second-order valence-electron chi connectivity index (χ2n) is 4.99. The summed E-state index contributed by atoms with van der Waals surface area (Å²) in [5, 5.41) is 2.90. The van der Waals surface area contributed by atoms with Gasteiger partial charge in [0.05, 0.1) is 12.2 Å². The fourth-order valence-electron chi connectivity index (χ4n) is 2.34. The van der Waals surface area contributed by atoms with Crippen LogP contribution in [0.2, 0.25) is 0 Å². The molecule has 0 saturated heterocycles. The van der Waals surface area contributed by atoms with E-state index in [1.165, 1.54) is 5.56 Å². The molecule has 3 heteroatoms. The summed E-state index contributed by atoms with van der Waals surface area (Å²) < 4.78 is 0. The quantitative estimate of drug-likeness (QED) is 0.873. The molecule has 20 heavy (non-hydrogen) atoms. The molecule has 2 amide bonds. The lowest BCUT2D eigenvalue weighted by Crippen LogP contribution is -2.36. The Balaban J connectivity index is 1.89. The Kier molecular flexibility index (Phi) is 3.03. The number of fused-ring (bicyclic) bond motifs is 1. The number of aryl methyl sites for hydroxylation is 1. The molecule has 2 aromatic carbocycles. The van der Waals surface area contributed by atoms with Crippen molar-refractivity contribution in [3.05, 3.63) is 71.8 Å². The number of benzene rings is 2. The van der Waals surface area contributed by atoms with Crippen molar-refractivity contribution in [3.8, 4) is 0 Å². The predicted octanol–water partition coefficient (Wildman–Crippen LogP) is 4.01. The smallest absolute Gasteiger partial charge is 0.307 e. The fourth-order valence-corrected chi connectivity index (χ4v) is 2.34. The van der Waals surface area contributed by atoms with Crippen LogP contribution in [0.15, 0.2) is 55.1 Å². The van der Waals surface area contributed by atoms with Crippen LogP contribution in [0.1, 0.15) is 16.7 Å². The lowest BCUT2D eigenvalue weighted by Gasteiger charge is -2.31. The van der Waals surface area contributed by atoms with Crippen LogP contribution in [0, 0.1) is 6.92 Å². The second kappa shape index (κ2) is 4.85. The molecular weight excluding hydrogens is 248 g/mol. The largest absolute Gasteiger partial charge is 0.326 e. The molecule has 0 atom stereocenters. The van der Waals surface area contributed by atoms with Crippen LogP contribution < -0.4 is 5.32 Å². The second-order valence-corrected chi connectivity index (χ2v) is 4.99. The Morgan fingerprint density at radius 1 is 1.10 bits per heavy atom. The molecule has 100 valence electrons. The molecule has 0 saturated carbocycles. The highest BCUT2D eigenvalue weighted by molar-refractivity contribution is 6.02. The van der Waals surface area contributed by atoms with E-state index < -0.39 is 0 Å². The molecule has 0 spiro atoms. The minimum absolute atomic E-state index is 0.130. The maximum absolute atomic E-state index is 12.2. The van der Waals surface area contributed by atoms with E-state index in [9.17, 15) is 4.79 Å². The monoisotopic (exact) mass is 264 g/mol. The van der Waals surface area contributed by atoms with Crippen molar-refractivity contribution < 1.29 is 4.79 Å². The molecule has 3 nitrogen and oxygen atoms in total. The zero-order chi connectivity index (χ0) is 14.1. The fraction of sp³-hybridized carbons (Fsp3) is 0.118. The summed E-state index contributed by atoms with van der Waals surface area (Å²) in [6.45, 7) is 6.64. The van der Waals surface area contributed by atoms with Gasteiger partial charge in [0.1, 0.15) is 0 Å². The molecule has 1 aliphatic heterocycles. The number of amides is 2. The van der Waals surface area contributed by atoms with Crippen LogP contribution in [0.3, 0.4) is 0 Å². The van der Waals surface area contributed by atoms with Gasteiger partial charge in [0, 0.05) is 11.3 Å². The number of para-hydroxylation sites is 1. The van der Waals surface area contributed by atoms with Crippen molar-refractivity contribution in [1.82, 2.24) is 4.90 Å². The molecule has 0 fully saturated rings. The zero-order valence-electron chi connectivity index (χ0n) is 11.4. The topological polar surface area (TPSA) is 32.3 Å². The molecule has 0 bridgehead atoms. The third-order valence-electron chi connectivity index (χ3n) is 3.51. The Bertz CT molecular complexity index is 674. The number of rotatable bonds is 2. The van der Waals surface area contributed by atoms with Crippen LogP contribution in [0.25, 0.3) is 5.70 Å². The van der Waals surface area contributed by atoms with Gasteiger partial charge in [-0.3, -0.25) is 4.90 Å². The summed E-state index contributed by atoms with van der Waals surface area (Å²) in [6, 6.07) is 15.8. The average molecular weight is 264 g/mol. The number of carbonyl (C=O) groups is 1. The van der Waals surface area contributed by atoms with Gasteiger partial charge < -0.3 is 5.32 Å². The third kappa shape index (κ3) is 2.18. The van der Waals surface area contributed by atoms with E-state index in [1.807, 2.05) is 55.5 Å². The van der Waals surface area contributed by atoms with Crippen molar-refractivity contribution in [2.24, 2.45) is 0 Å². The molecular formula is C17H16N2O. The molecule has 0 aliphatic carbocycles. The van der Waals surface area contributed by atoms with Gasteiger partial charge in [0.15, 0.2) is 0 Å². The highest BCUT2D eigenvalue weighted by atomic mass is 16.2. The normalized spacial score (nSPS) is 13.9. The number of hydrogen-bond acceptors (Lipinski definition) is 1. The molecule has 3 rings (SSSR count). The molecule has 1 N–H and O–H groups in total. The Labute approximate surface area is 118 Å². The summed E-state index contributed by atoms with van der Waals surface area (Å²) in [7, 11) is 0. The summed E-state index contributed by atoms with van der Waals surface area (Å²) in [5.41, 5.74) is 4.83. The van der Waals surface area contributed by atoms with E-state index in [1.54, 1.807) is 4.90 Å². The van der Waals surface area contributed by atoms with E-state index in [-0.39, 0.29) is 6.03 Å². The molecule has 0 aromatic heterocycles. The van der Waals surface area contributed by atoms with Crippen LogP contribution >= 0.6 is 0 Å². The predicted molar refractivity (Wildman–Crippen MR) is 81.2 cm³/mol. The maximum atomic E-state index is 12.2. The first-order valence-corrected chi connectivity index (χ1v) is 6.57. The molecule has 1 heterocycles. The van der Waals surface area contributed by atoms with Crippen LogP contribution in [0.4, 0.5) is 10.5 Å². The number of nitrogens with zero attached hydrogens (tertiary/aromatic N) is 1. The van der Waals surface area contributed by atoms with E-state index in [0.717, 1.165) is 22.5 Å². The summed E-state index contributed by atoms with van der Waals surface area (Å²) in [5.74, 6) is 0. The van der Waals surface area contributed by atoms with Crippen molar-refractivity contribution in [2.75, 3.05) is 5.32 Å². The summed E-state index contributed by atoms with van der Waals surface area (Å²) >= 11 is 0. The molecule has 1 aliphatic rings. The SMILES string of the molecule is C=C1c2ccccc2NC(=O)N1Cc1ccc(C)cc1. The Morgan fingerprint density at radius 3 is 2.55 bits per heavy atom. The van der Waals surface area contributed by atoms with Gasteiger partial charge in [-0.05, 0) is 18.6 Å². The number of anilines is 1. The highest BCUT2D eigenvalue weighted by Gasteiger charge is 2.25. The van der Waals surface area contributed by atoms with Crippen LogP contribution in [-0.4, -0.2) is 10.9 Å². The van der Waals surface area contributed by atoms with Gasteiger partial charge in [-0.2, -0.15) is 0 Å². The van der Waals surface area contributed by atoms with Crippen molar-refractivity contribution >= 4 is 17.4 Å². The first-order valence-electron chi connectivity index (χ1n) is 6.57. The number of carbonyl (C=O) groups excluding carboxylic acids is 1. The van der Waals surface area contributed by atoms with Gasteiger partial charge in [0.2, 0.25) is 0 Å². The Hall–Kier alpha value is -2.55. The van der Waals surface area contributed by atoms with Gasteiger partial charge in [-0.25, -0.2) is 4.79 Å². The molecule has 0 radical (unpaired) electrons. The van der Waals surface area contributed by atoms with Gasteiger partial charge >= 0.3 is 6.03 Å². The third-order valence-corrected chi connectivity index (χ3v) is 3.51. The summed E-state index contributed by atoms with van der Waals surface area (Å²) in [6.07, 6.45) is 0. The van der Waals surface area contributed by atoms with Gasteiger partial charge in [-0.15, -0.1) is 0 Å². The van der Waals surface area contributed by atoms with E-state index in [0.29, 0.717) is 6.54 Å².